The Morgan fingerprint density at radius 1 is 1.17 bits per heavy atom. The lowest BCUT2D eigenvalue weighted by atomic mass is 9.80. The van der Waals surface area contributed by atoms with E-state index in [9.17, 15) is 9.90 Å². The molecule has 2 aliphatic rings. The lowest BCUT2D eigenvalue weighted by Gasteiger charge is -2.41. The Kier molecular flexibility index (Phi) is 9.27. The summed E-state index contributed by atoms with van der Waals surface area (Å²) in [5.41, 5.74) is 2.10. The van der Waals surface area contributed by atoms with E-state index in [1.54, 1.807) is 20.5 Å². The molecule has 9 heteroatoms. The van der Waals surface area contributed by atoms with Crippen molar-refractivity contribution in [3.05, 3.63) is 66.1 Å². The van der Waals surface area contributed by atoms with E-state index in [4.69, 9.17) is 19.2 Å². The molecule has 0 spiro atoms. The van der Waals surface area contributed by atoms with Gasteiger partial charge in [0.2, 0.25) is 0 Å². The van der Waals surface area contributed by atoms with E-state index in [2.05, 4.69) is 5.32 Å². The average molecular weight is 563 g/mol. The van der Waals surface area contributed by atoms with Gasteiger partial charge >= 0.3 is 0 Å². The maximum absolute atomic E-state index is 14.2. The van der Waals surface area contributed by atoms with Crippen molar-refractivity contribution in [3.63, 3.8) is 0 Å². The van der Waals surface area contributed by atoms with Crippen LogP contribution in [0, 0.1) is 6.92 Å². The number of ether oxygens (including phenoxy) is 3. The van der Waals surface area contributed by atoms with Crippen LogP contribution in [0.5, 0.6) is 11.5 Å². The summed E-state index contributed by atoms with van der Waals surface area (Å²) in [6.07, 6.45) is 5.79. The molecule has 1 amide bonds. The van der Waals surface area contributed by atoms with Crippen molar-refractivity contribution < 1.29 is 24.1 Å². The summed E-state index contributed by atoms with van der Waals surface area (Å²) < 4.78 is 19.0. The summed E-state index contributed by atoms with van der Waals surface area (Å²) in [4.78, 5) is 20.9. The van der Waals surface area contributed by atoms with Gasteiger partial charge in [0.1, 0.15) is 17.1 Å². The monoisotopic (exact) mass is 562 g/mol. The highest BCUT2D eigenvalue weighted by Crippen LogP contribution is 2.41. The lowest BCUT2D eigenvalue weighted by Crippen LogP contribution is -2.54. The molecule has 3 aromatic rings. The SMILES string of the molecule is COC[C@]1(O)CCCC[C@H]1n1cnc(C(=O)N2CCNC[C@H]2CCOc2ccc(C)c(OC)c2)c1-c1ccccc1. The van der Waals surface area contributed by atoms with Crippen LogP contribution in [0.1, 0.15) is 54.2 Å². The molecule has 2 aromatic carbocycles. The third kappa shape index (κ3) is 6.27. The molecular weight excluding hydrogens is 520 g/mol. The minimum atomic E-state index is -1.02. The molecule has 0 bridgehead atoms. The van der Waals surface area contributed by atoms with E-state index in [1.807, 2.05) is 64.9 Å². The number of carbonyl (C=O) groups is 1. The Bertz CT molecular complexity index is 1310. The van der Waals surface area contributed by atoms with Crippen LogP contribution in [0.2, 0.25) is 0 Å². The van der Waals surface area contributed by atoms with Crippen molar-refractivity contribution in [2.75, 3.05) is 47.1 Å². The molecule has 0 radical (unpaired) electrons. The number of carbonyl (C=O) groups excluding carboxylic acids is 1. The van der Waals surface area contributed by atoms with E-state index in [-0.39, 0.29) is 24.6 Å². The molecule has 1 aliphatic carbocycles. The van der Waals surface area contributed by atoms with Gasteiger partial charge in [-0.05, 0) is 31.4 Å². The maximum Gasteiger partial charge on any atom is 0.275 e. The number of amides is 1. The number of rotatable bonds is 10. The van der Waals surface area contributed by atoms with Gasteiger partial charge in [-0.15, -0.1) is 0 Å². The molecule has 3 atom stereocenters. The molecule has 1 aliphatic heterocycles. The summed E-state index contributed by atoms with van der Waals surface area (Å²) in [6.45, 7) is 4.69. The highest BCUT2D eigenvalue weighted by Gasteiger charge is 2.42. The summed E-state index contributed by atoms with van der Waals surface area (Å²) >= 11 is 0. The molecule has 220 valence electrons. The third-order valence-electron chi connectivity index (χ3n) is 8.44. The normalized spacial score (nSPS) is 22.9. The molecule has 41 heavy (non-hydrogen) atoms. The van der Waals surface area contributed by atoms with Crippen molar-refractivity contribution in [3.8, 4) is 22.8 Å². The summed E-state index contributed by atoms with van der Waals surface area (Å²) in [5.74, 6) is 1.44. The Morgan fingerprint density at radius 2 is 2.00 bits per heavy atom. The number of hydrogen-bond acceptors (Lipinski definition) is 7. The molecule has 1 saturated heterocycles. The van der Waals surface area contributed by atoms with Crippen LogP contribution in [0.25, 0.3) is 11.3 Å². The van der Waals surface area contributed by atoms with Gasteiger partial charge in [0, 0.05) is 50.8 Å². The summed E-state index contributed by atoms with van der Waals surface area (Å²) in [7, 11) is 3.27. The lowest BCUT2D eigenvalue weighted by molar-refractivity contribution is -0.0893. The number of methoxy groups -OCH3 is 2. The van der Waals surface area contributed by atoms with Crippen LogP contribution >= 0.6 is 0 Å². The first-order chi connectivity index (χ1) is 19.9. The van der Waals surface area contributed by atoms with Crippen LogP contribution in [-0.4, -0.2) is 84.2 Å². The smallest absolute Gasteiger partial charge is 0.275 e. The molecular formula is C32H42N4O5. The van der Waals surface area contributed by atoms with Gasteiger partial charge in [0.25, 0.3) is 5.91 Å². The minimum absolute atomic E-state index is 0.0440. The average Bonchev–Trinajstić information content (AvgIpc) is 3.43. The summed E-state index contributed by atoms with van der Waals surface area (Å²) in [5, 5.41) is 15.1. The number of nitrogens with one attached hydrogen (secondary N) is 1. The zero-order chi connectivity index (χ0) is 28.8. The number of imidazole rings is 1. The fourth-order valence-corrected chi connectivity index (χ4v) is 6.28. The van der Waals surface area contributed by atoms with Gasteiger partial charge in [-0.3, -0.25) is 4.79 Å². The van der Waals surface area contributed by atoms with Crippen LogP contribution < -0.4 is 14.8 Å². The van der Waals surface area contributed by atoms with Crippen molar-refractivity contribution >= 4 is 5.91 Å². The van der Waals surface area contributed by atoms with Gasteiger partial charge in [-0.2, -0.15) is 0 Å². The highest BCUT2D eigenvalue weighted by atomic mass is 16.5. The van der Waals surface area contributed by atoms with Crippen LogP contribution in [-0.2, 0) is 4.74 Å². The maximum atomic E-state index is 14.2. The number of aliphatic hydroxyl groups is 1. The predicted molar refractivity (Wildman–Crippen MR) is 158 cm³/mol. The molecule has 1 saturated carbocycles. The molecule has 9 nitrogen and oxygen atoms in total. The first-order valence-corrected chi connectivity index (χ1v) is 14.6. The number of nitrogens with zero attached hydrogens (tertiary/aromatic N) is 3. The van der Waals surface area contributed by atoms with Gasteiger partial charge in [0.15, 0.2) is 5.69 Å². The largest absolute Gasteiger partial charge is 0.496 e. The first-order valence-electron chi connectivity index (χ1n) is 14.6. The predicted octanol–water partition coefficient (Wildman–Crippen LogP) is 4.24. The van der Waals surface area contributed by atoms with E-state index in [0.717, 1.165) is 54.1 Å². The number of benzene rings is 2. The van der Waals surface area contributed by atoms with E-state index < -0.39 is 5.60 Å². The van der Waals surface area contributed by atoms with Gasteiger partial charge < -0.3 is 34.1 Å². The second-order valence-corrected chi connectivity index (χ2v) is 11.1. The zero-order valence-corrected chi connectivity index (χ0v) is 24.3. The summed E-state index contributed by atoms with van der Waals surface area (Å²) in [6, 6.07) is 15.4. The van der Waals surface area contributed by atoms with E-state index in [1.165, 1.54) is 0 Å². The van der Waals surface area contributed by atoms with Gasteiger partial charge in [0.05, 0.1) is 38.4 Å². The van der Waals surface area contributed by atoms with Crippen LogP contribution in [0.15, 0.2) is 54.9 Å². The van der Waals surface area contributed by atoms with E-state index in [0.29, 0.717) is 38.2 Å². The number of aryl methyl sites for hydroxylation is 1. The minimum Gasteiger partial charge on any atom is -0.496 e. The highest BCUT2D eigenvalue weighted by molar-refractivity contribution is 5.98. The molecule has 5 rings (SSSR count). The molecule has 0 unspecified atom stereocenters. The fraction of sp³-hybridized carbons (Fsp3) is 0.500. The quantitative estimate of drug-likeness (QED) is 0.381. The standard InChI is InChI=1S/C32H42N4O5/c1-23-12-13-26(19-27(23)40-3)41-18-14-25-20-33-16-17-35(25)31(37)29-30(24-9-5-4-6-10-24)36(22-34-29)28-11-7-8-15-32(28,38)21-39-2/h4-6,9-10,12-13,19,22,25,28,33,38H,7-8,11,14-18,20-21H2,1-3H3/t25-,28-,32-/m1/s1. The number of piperazine rings is 1. The number of aromatic nitrogens is 2. The topological polar surface area (TPSA) is 98.1 Å². The van der Waals surface area contributed by atoms with Crippen molar-refractivity contribution in [1.82, 2.24) is 19.8 Å². The van der Waals surface area contributed by atoms with Gasteiger partial charge in [-0.25, -0.2) is 4.98 Å². The first kappa shape index (κ1) is 29.1. The molecule has 2 heterocycles. The van der Waals surface area contributed by atoms with Gasteiger partial charge in [-0.1, -0.05) is 49.2 Å². The third-order valence-corrected chi connectivity index (χ3v) is 8.44. The Hall–Kier alpha value is -3.40. The fourth-order valence-electron chi connectivity index (χ4n) is 6.28. The van der Waals surface area contributed by atoms with Crippen molar-refractivity contribution in [1.29, 1.82) is 0 Å². The Balaban J connectivity index is 1.40. The second kappa shape index (κ2) is 13.1. The van der Waals surface area contributed by atoms with Crippen molar-refractivity contribution in [2.24, 2.45) is 0 Å². The molecule has 2 N–H and O–H groups in total. The van der Waals surface area contributed by atoms with Crippen LogP contribution in [0.4, 0.5) is 0 Å². The van der Waals surface area contributed by atoms with Crippen molar-refractivity contribution in [2.45, 2.75) is 56.7 Å². The Labute approximate surface area is 242 Å². The van der Waals surface area contributed by atoms with Crippen LogP contribution in [0.3, 0.4) is 0 Å². The number of hydrogen-bond donors (Lipinski definition) is 2. The zero-order valence-electron chi connectivity index (χ0n) is 24.3. The van der Waals surface area contributed by atoms with E-state index >= 15 is 0 Å². The second-order valence-electron chi connectivity index (χ2n) is 11.1. The molecule has 1 aromatic heterocycles. The molecule has 2 fully saturated rings. The Morgan fingerprint density at radius 3 is 2.78 bits per heavy atom.